The third kappa shape index (κ3) is 9.69. The van der Waals surface area contributed by atoms with E-state index in [0.29, 0.717) is 19.6 Å². The van der Waals surface area contributed by atoms with E-state index in [2.05, 4.69) is 0 Å². The molecule has 0 fully saturated rings. The van der Waals surface area contributed by atoms with Gasteiger partial charge in [0.1, 0.15) is 0 Å². The fourth-order valence-electron chi connectivity index (χ4n) is 1.47. The fourth-order valence-corrected chi connectivity index (χ4v) is 1.47. The molecule has 0 radical (unpaired) electrons. The highest BCUT2D eigenvalue weighted by Gasteiger charge is 2.15. The zero-order chi connectivity index (χ0) is 11.9. The molecule has 0 spiro atoms. The summed E-state index contributed by atoms with van der Waals surface area (Å²) in [6.07, 6.45) is 1.22. The number of hydrogen-bond acceptors (Lipinski definition) is 4. The third-order valence-corrected chi connectivity index (χ3v) is 1.88. The van der Waals surface area contributed by atoms with E-state index in [1.807, 2.05) is 11.9 Å². The van der Waals surface area contributed by atoms with Gasteiger partial charge < -0.3 is 14.7 Å². The Labute approximate surface area is 92.2 Å². The van der Waals surface area contributed by atoms with E-state index in [-0.39, 0.29) is 5.97 Å². The van der Waals surface area contributed by atoms with Gasteiger partial charge in [0.05, 0.1) is 12.2 Å². The van der Waals surface area contributed by atoms with Gasteiger partial charge in [0.25, 0.3) is 0 Å². The number of carbonyl (C=O) groups is 1. The minimum absolute atomic E-state index is 0.144. The van der Waals surface area contributed by atoms with Crippen LogP contribution in [0.5, 0.6) is 0 Å². The topological polar surface area (TPSA) is 49.8 Å². The number of nitrogens with zero attached hydrogens (tertiary/aromatic N) is 1. The van der Waals surface area contributed by atoms with Crippen molar-refractivity contribution >= 4 is 5.97 Å². The fraction of sp³-hybridized carbons (Fsp3) is 0.909. The molecule has 4 nitrogen and oxygen atoms in total. The summed E-state index contributed by atoms with van der Waals surface area (Å²) < 4.78 is 4.82. The van der Waals surface area contributed by atoms with Crippen LogP contribution in [0.15, 0.2) is 0 Å². The van der Waals surface area contributed by atoms with Crippen molar-refractivity contribution < 1.29 is 14.6 Å². The molecule has 4 heteroatoms. The summed E-state index contributed by atoms with van der Waals surface area (Å²) in [5.74, 6) is -0.144. The summed E-state index contributed by atoms with van der Waals surface area (Å²) in [7, 11) is 1.93. The van der Waals surface area contributed by atoms with Crippen LogP contribution in [0.3, 0.4) is 0 Å². The lowest BCUT2D eigenvalue weighted by atomic mass is 10.1. The number of hydrogen-bond donors (Lipinski definition) is 1. The standard InChI is InChI=1S/C11H23NO3/c1-5-15-10(13)7-6-8-12(4)9-11(2,3)14/h14H,5-9H2,1-4H3. The van der Waals surface area contributed by atoms with E-state index in [0.717, 1.165) is 13.0 Å². The Bertz CT molecular complexity index is 187. The highest BCUT2D eigenvalue weighted by molar-refractivity contribution is 5.69. The molecule has 90 valence electrons. The molecule has 0 saturated carbocycles. The normalized spacial score (nSPS) is 11.9. The third-order valence-electron chi connectivity index (χ3n) is 1.88. The van der Waals surface area contributed by atoms with Crippen LogP contribution in [0.4, 0.5) is 0 Å². The zero-order valence-corrected chi connectivity index (χ0v) is 10.2. The summed E-state index contributed by atoms with van der Waals surface area (Å²) in [6, 6.07) is 0. The largest absolute Gasteiger partial charge is 0.466 e. The second-order valence-electron chi connectivity index (χ2n) is 4.46. The van der Waals surface area contributed by atoms with E-state index >= 15 is 0 Å². The van der Waals surface area contributed by atoms with Gasteiger partial charge >= 0.3 is 5.97 Å². The van der Waals surface area contributed by atoms with Gasteiger partial charge in [-0.25, -0.2) is 0 Å². The Kier molecular flexibility index (Phi) is 6.52. The highest BCUT2D eigenvalue weighted by atomic mass is 16.5. The monoisotopic (exact) mass is 217 g/mol. The molecule has 0 aromatic heterocycles. The molecule has 0 heterocycles. The lowest BCUT2D eigenvalue weighted by Crippen LogP contribution is -2.36. The van der Waals surface area contributed by atoms with E-state index in [4.69, 9.17) is 4.74 Å². The average molecular weight is 217 g/mol. The SMILES string of the molecule is CCOC(=O)CCCN(C)CC(C)(C)O. The molecule has 0 aromatic rings. The summed E-state index contributed by atoms with van der Waals surface area (Å²) in [6.45, 7) is 7.19. The molecule has 0 unspecified atom stereocenters. The van der Waals surface area contributed by atoms with Crippen LogP contribution in [0, 0.1) is 0 Å². The van der Waals surface area contributed by atoms with Crippen molar-refractivity contribution in [3.63, 3.8) is 0 Å². The highest BCUT2D eigenvalue weighted by Crippen LogP contribution is 2.04. The summed E-state index contributed by atoms with van der Waals surface area (Å²) >= 11 is 0. The summed E-state index contributed by atoms with van der Waals surface area (Å²) in [5.41, 5.74) is -0.682. The molecule has 0 amide bonds. The first-order chi connectivity index (χ1) is 6.85. The number of rotatable bonds is 7. The minimum Gasteiger partial charge on any atom is -0.466 e. The lowest BCUT2D eigenvalue weighted by Gasteiger charge is -2.25. The van der Waals surface area contributed by atoms with Crippen LogP contribution >= 0.6 is 0 Å². The maximum Gasteiger partial charge on any atom is 0.305 e. The van der Waals surface area contributed by atoms with Crippen LogP contribution in [0.2, 0.25) is 0 Å². The van der Waals surface area contributed by atoms with Gasteiger partial charge in [-0.2, -0.15) is 0 Å². The lowest BCUT2D eigenvalue weighted by molar-refractivity contribution is -0.143. The Morgan fingerprint density at radius 1 is 1.47 bits per heavy atom. The Balaban J connectivity index is 3.55. The molecule has 0 aromatic carbocycles. The molecule has 0 atom stereocenters. The van der Waals surface area contributed by atoms with Crippen molar-refractivity contribution in [3.8, 4) is 0 Å². The van der Waals surface area contributed by atoms with Crippen molar-refractivity contribution in [1.29, 1.82) is 0 Å². The molecule has 0 aliphatic heterocycles. The number of carbonyl (C=O) groups excluding carboxylic acids is 1. The zero-order valence-electron chi connectivity index (χ0n) is 10.2. The van der Waals surface area contributed by atoms with Gasteiger partial charge in [0, 0.05) is 13.0 Å². The second-order valence-corrected chi connectivity index (χ2v) is 4.46. The molecule has 1 N–H and O–H groups in total. The summed E-state index contributed by atoms with van der Waals surface area (Å²) in [4.78, 5) is 13.0. The molecule has 0 aliphatic rings. The van der Waals surface area contributed by atoms with Crippen molar-refractivity contribution in [2.45, 2.75) is 39.2 Å². The molecule has 0 rings (SSSR count). The number of aliphatic hydroxyl groups is 1. The average Bonchev–Trinajstić information content (AvgIpc) is 2.00. The quantitative estimate of drug-likeness (QED) is 0.647. The molecule has 0 bridgehead atoms. The van der Waals surface area contributed by atoms with Crippen molar-refractivity contribution in [1.82, 2.24) is 4.90 Å². The predicted octanol–water partition coefficient (Wildman–Crippen LogP) is 1.03. The first-order valence-corrected chi connectivity index (χ1v) is 5.41. The van der Waals surface area contributed by atoms with Gasteiger partial charge in [-0.15, -0.1) is 0 Å². The second kappa shape index (κ2) is 6.80. The van der Waals surface area contributed by atoms with Gasteiger partial charge in [-0.05, 0) is 40.8 Å². The van der Waals surface area contributed by atoms with E-state index < -0.39 is 5.60 Å². The maximum absolute atomic E-state index is 11.0. The van der Waals surface area contributed by atoms with Crippen LogP contribution in [0.1, 0.15) is 33.6 Å². The minimum atomic E-state index is -0.682. The van der Waals surface area contributed by atoms with E-state index in [9.17, 15) is 9.90 Å². The van der Waals surface area contributed by atoms with Crippen molar-refractivity contribution in [2.75, 3.05) is 26.7 Å². The predicted molar refractivity (Wildman–Crippen MR) is 59.7 cm³/mol. The van der Waals surface area contributed by atoms with Gasteiger partial charge in [-0.3, -0.25) is 4.79 Å². The van der Waals surface area contributed by atoms with Gasteiger partial charge in [0.15, 0.2) is 0 Å². The Morgan fingerprint density at radius 3 is 2.53 bits per heavy atom. The number of likely N-dealkylation sites (N-methyl/N-ethyl adjacent to an activating group) is 1. The first kappa shape index (κ1) is 14.4. The van der Waals surface area contributed by atoms with Crippen LogP contribution in [-0.2, 0) is 9.53 Å². The molecule has 0 aliphatic carbocycles. The Morgan fingerprint density at radius 2 is 2.07 bits per heavy atom. The maximum atomic E-state index is 11.0. The number of esters is 1. The summed E-state index contributed by atoms with van der Waals surface area (Å²) in [5, 5.41) is 9.55. The first-order valence-electron chi connectivity index (χ1n) is 5.41. The Hall–Kier alpha value is -0.610. The molecular formula is C11H23NO3. The van der Waals surface area contributed by atoms with Crippen LogP contribution in [0.25, 0.3) is 0 Å². The van der Waals surface area contributed by atoms with Crippen LogP contribution < -0.4 is 0 Å². The smallest absolute Gasteiger partial charge is 0.305 e. The van der Waals surface area contributed by atoms with E-state index in [1.165, 1.54) is 0 Å². The molecule has 15 heavy (non-hydrogen) atoms. The van der Waals surface area contributed by atoms with Crippen LogP contribution in [-0.4, -0.2) is 48.3 Å². The van der Waals surface area contributed by atoms with Gasteiger partial charge in [0.2, 0.25) is 0 Å². The molecular weight excluding hydrogens is 194 g/mol. The number of ether oxygens (including phenoxy) is 1. The molecule has 0 saturated heterocycles. The van der Waals surface area contributed by atoms with Crippen molar-refractivity contribution in [3.05, 3.63) is 0 Å². The van der Waals surface area contributed by atoms with E-state index in [1.54, 1.807) is 20.8 Å². The van der Waals surface area contributed by atoms with Crippen molar-refractivity contribution in [2.24, 2.45) is 0 Å². The van der Waals surface area contributed by atoms with Gasteiger partial charge in [-0.1, -0.05) is 0 Å².